The Morgan fingerprint density at radius 3 is 2.06 bits per heavy atom. The summed E-state index contributed by atoms with van der Waals surface area (Å²) in [5.74, 6) is -1.96. The lowest BCUT2D eigenvalue weighted by molar-refractivity contribution is -0.142. The Balaban J connectivity index is 2.32. The minimum absolute atomic E-state index is 0.0249. The fourth-order valence-electron chi connectivity index (χ4n) is 2.76. The number of aliphatic carboxylic acids is 1. The summed E-state index contributed by atoms with van der Waals surface area (Å²) >= 11 is 0. The van der Waals surface area contributed by atoms with E-state index in [1.54, 1.807) is 68.4 Å². The van der Waals surface area contributed by atoms with E-state index in [0.29, 0.717) is 16.9 Å². The van der Waals surface area contributed by atoms with Crippen molar-refractivity contribution < 1.29 is 24.2 Å². The van der Waals surface area contributed by atoms with Gasteiger partial charge in [0.25, 0.3) is 11.8 Å². The smallest absolute Gasteiger partial charge is 0.326 e. The van der Waals surface area contributed by atoms with Crippen LogP contribution in [-0.4, -0.2) is 35.0 Å². The average molecular weight is 424 g/mol. The second-order valence-corrected chi connectivity index (χ2v) is 7.65. The summed E-state index contributed by atoms with van der Waals surface area (Å²) < 4.78 is 5.61. The molecule has 0 radical (unpaired) electrons. The lowest BCUT2D eigenvalue weighted by Gasteiger charge is -2.19. The molecule has 2 aromatic rings. The summed E-state index contributed by atoms with van der Waals surface area (Å²) in [5, 5.41) is 14.5. The van der Waals surface area contributed by atoms with Crippen LogP contribution in [0.25, 0.3) is 6.08 Å². The summed E-state index contributed by atoms with van der Waals surface area (Å²) in [6.07, 6.45) is 1.52. The predicted molar refractivity (Wildman–Crippen MR) is 118 cm³/mol. The summed E-state index contributed by atoms with van der Waals surface area (Å²) in [4.78, 5) is 37.0. The molecule has 2 amide bonds. The maximum atomic E-state index is 12.9. The van der Waals surface area contributed by atoms with E-state index in [1.165, 1.54) is 6.08 Å². The van der Waals surface area contributed by atoms with Crippen molar-refractivity contribution in [3.05, 3.63) is 71.4 Å². The van der Waals surface area contributed by atoms with Crippen molar-refractivity contribution in [2.24, 2.45) is 5.92 Å². The Hall–Kier alpha value is -3.61. The normalized spacial score (nSPS) is 12.4. The van der Waals surface area contributed by atoms with Gasteiger partial charge in [-0.05, 0) is 55.7 Å². The minimum Gasteiger partial charge on any atom is -0.491 e. The van der Waals surface area contributed by atoms with E-state index < -0.39 is 23.8 Å². The van der Waals surface area contributed by atoms with Crippen molar-refractivity contribution in [3.63, 3.8) is 0 Å². The Morgan fingerprint density at radius 2 is 1.55 bits per heavy atom. The lowest BCUT2D eigenvalue weighted by atomic mass is 10.0. The molecular formula is C24H28N2O5. The van der Waals surface area contributed by atoms with Crippen molar-refractivity contribution in [2.75, 3.05) is 0 Å². The molecule has 7 nitrogen and oxygen atoms in total. The Bertz CT molecular complexity index is 934. The number of carboxylic acid groups (broad SMARTS) is 1. The SMILES string of the molecule is CC(C)Oc1ccc(/C=C(/NC(=O)c2ccccc2)C(=O)NC(C(=O)O)C(C)C)cc1. The van der Waals surface area contributed by atoms with Crippen LogP contribution in [0, 0.1) is 5.92 Å². The summed E-state index contributed by atoms with van der Waals surface area (Å²) in [7, 11) is 0. The highest BCUT2D eigenvalue weighted by Crippen LogP contribution is 2.16. The number of hydrogen-bond donors (Lipinski definition) is 3. The zero-order chi connectivity index (χ0) is 23.0. The third-order valence-corrected chi connectivity index (χ3v) is 4.31. The standard InChI is InChI=1S/C24H28N2O5/c1-15(2)21(24(29)30)26-23(28)20(25-22(27)18-8-6-5-7-9-18)14-17-10-12-19(13-11-17)31-16(3)4/h5-16,21H,1-4H3,(H,25,27)(H,26,28)(H,29,30)/b20-14+. The highest BCUT2D eigenvalue weighted by molar-refractivity contribution is 6.06. The highest BCUT2D eigenvalue weighted by Gasteiger charge is 2.25. The first-order valence-corrected chi connectivity index (χ1v) is 10.1. The Morgan fingerprint density at radius 1 is 0.935 bits per heavy atom. The zero-order valence-electron chi connectivity index (χ0n) is 18.1. The molecule has 7 heteroatoms. The summed E-state index contributed by atoms with van der Waals surface area (Å²) in [6.45, 7) is 7.23. The fraction of sp³-hybridized carbons (Fsp3) is 0.292. The molecule has 0 aliphatic rings. The Labute approximate surface area is 182 Å². The van der Waals surface area contributed by atoms with Gasteiger partial charge in [-0.15, -0.1) is 0 Å². The first-order chi connectivity index (χ1) is 14.7. The molecular weight excluding hydrogens is 396 g/mol. The average Bonchev–Trinajstić information content (AvgIpc) is 2.72. The van der Waals surface area contributed by atoms with Gasteiger partial charge in [0.1, 0.15) is 17.5 Å². The van der Waals surface area contributed by atoms with Crippen LogP contribution >= 0.6 is 0 Å². The number of carboxylic acids is 1. The molecule has 0 bridgehead atoms. The van der Waals surface area contributed by atoms with Crippen LogP contribution < -0.4 is 15.4 Å². The van der Waals surface area contributed by atoms with Crippen molar-refractivity contribution in [1.29, 1.82) is 0 Å². The number of carbonyl (C=O) groups excluding carboxylic acids is 2. The molecule has 0 heterocycles. The van der Waals surface area contributed by atoms with E-state index in [9.17, 15) is 19.5 Å². The van der Waals surface area contributed by atoms with Crippen molar-refractivity contribution in [2.45, 2.75) is 39.8 Å². The third kappa shape index (κ3) is 7.29. The van der Waals surface area contributed by atoms with E-state index in [0.717, 1.165) is 0 Å². The molecule has 1 unspecified atom stereocenters. The number of carbonyl (C=O) groups is 3. The van der Waals surface area contributed by atoms with Crippen LogP contribution in [0.4, 0.5) is 0 Å². The van der Waals surface area contributed by atoms with Gasteiger partial charge in [0.15, 0.2) is 0 Å². The molecule has 2 rings (SSSR count). The van der Waals surface area contributed by atoms with Crippen LogP contribution in [-0.2, 0) is 9.59 Å². The maximum Gasteiger partial charge on any atom is 0.326 e. The van der Waals surface area contributed by atoms with E-state index in [1.807, 2.05) is 13.8 Å². The molecule has 3 N–H and O–H groups in total. The van der Waals surface area contributed by atoms with Crippen LogP contribution in [0.3, 0.4) is 0 Å². The summed E-state index contributed by atoms with van der Waals surface area (Å²) in [5.41, 5.74) is 0.963. The van der Waals surface area contributed by atoms with E-state index >= 15 is 0 Å². The van der Waals surface area contributed by atoms with Gasteiger partial charge in [0, 0.05) is 5.56 Å². The molecule has 0 aromatic heterocycles. The first kappa shape index (κ1) is 23.7. The first-order valence-electron chi connectivity index (χ1n) is 10.1. The number of benzene rings is 2. The van der Waals surface area contributed by atoms with Crippen molar-refractivity contribution in [1.82, 2.24) is 10.6 Å². The number of ether oxygens (including phenoxy) is 1. The minimum atomic E-state index is -1.15. The van der Waals surface area contributed by atoms with E-state index in [4.69, 9.17) is 4.74 Å². The van der Waals surface area contributed by atoms with Gasteiger partial charge in [-0.3, -0.25) is 9.59 Å². The second-order valence-electron chi connectivity index (χ2n) is 7.65. The maximum absolute atomic E-state index is 12.9. The zero-order valence-corrected chi connectivity index (χ0v) is 18.1. The number of rotatable bonds is 9. The second kappa shape index (κ2) is 11.0. The molecule has 164 valence electrons. The highest BCUT2D eigenvalue weighted by atomic mass is 16.5. The molecule has 0 saturated heterocycles. The largest absolute Gasteiger partial charge is 0.491 e. The lowest BCUT2D eigenvalue weighted by Crippen LogP contribution is -2.47. The van der Waals surface area contributed by atoms with Crippen molar-refractivity contribution in [3.8, 4) is 5.75 Å². The van der Waals surface area contributed by atoms with Gasteiger partial charge in [-0.2, -0.15) is 0 Å². The van der Waals surface area contributed by atoms with Gasteiger partial charge in [0.2, 0.25) is 0 Å². The van der Waals surface area contributed by atoms with Gasteiger partial charge < -0.3 is 20.5 Å². The van der Waals surface area contributed by atoms with E-state index in [2.05, 4.69) is 10.6 Å². The molecule has 0 aliphatic heterocycles. The molecule has 1 atom stereocenters. The molecule has 2 aromatic carbocycles. The number of amides is 2. The van der Waals surface area contributed by atoms with E-state index in [-0.39, 0.29) is 17.7 Å². The van der Waals surface area contributed by atoms with Gasteiger partial charge in [-0.1, -0.05) is 44.2 Å². The van der Waals surface area contributed by atoms with Gasteiger partial charge in [-0.25, -0.2) is 4.79 Å². The molecule has 0 spiro atoms. The predicted octanol–water partition coefficient (Wildman–Crippen LogP) is 3.47. The topological polar surface area (TPSA) is 105 Å². The summed E-state index contributed by atoms with van der Waals surface area (Å²) in [6, 6.07) is 14.4. The molecule has 0 aliphatic carbocycles. The van der Waals surface area contributed by atoms with Crippen LogP contribution in [0.15, 0.2) is 60.3 Å². The van der Waals surface area contributed by atoms with Crippen LogP contribution in [0.5, 0.6) is 5.75 Å². The Kier molecular flexibility index (Phi) is 8.37. The van der Waals surface area contributed by atoms with Crippen LogP contribution in [0.1, 0.15) is 43.6 Å². The molecule has 0 fully saturated rings. The quantitative estimate of drug-likeness (QED) is 0.535. The van der Waals surface area contributed by atoms with Gasteiger partial charge in [0.05, 0.1) is 6.10 Å². The van der Waals surface area contributed by atoms with Crippen molar-refractivity contribution >= 4 is 23.9 Å². The third-order valence-electron chi connectivity index (χ3n) is 4.31. The molecule has 0 saturated carbocycles. The molecule has 31 heavy (non-hydrogen) atoms. The monoisotopic (exact) mass is 424 g/mol. The van der Waals surface area contributed by atoms with Gasteiger partial charge >= 0.3 is 5.97 Å². The number of hydrogen-bond acceptors (Lipinski definition) is 4. The van der Waals surface area contributed by atoms with Crippen LogP contribution in [0.2, 0.25) is 0 Å². The number of nitrogens with one attached hydrogen (secondary N) is 2. The fourth-order valence-corrected chi connectivity index (χ4v) is 2.76.